The second kappa shape index (κ2) is 5.45. The summed E-state index contributed by atoms with van der Waals surface area (Å²) in [5.41, 5.74) is 0. The second-order valence-electron chi connectivity index (χ2n) is 2.18. The highest BCUT2D eigenvalue weighted by Crippen LogP contribution is 2.12. The molecule has 0 spiro atoms. The summed E-state index contributed by atoms with van der Waals surface area (Å²) in [6.45, 7) is 0.317. The zero-order valence-electron chi connectivity index (χ0n) is 7.43. The van der Waals surface area contributed by atoms with Crippen molar-refractivity contribution in [3.05, 3.63) is 12.4 Å². The first-order valence-corrected chi connectivity index (χ1v) is 3.81. The molecule has 0 bridgehead atoms. The fourth-order valence-electron chi connectivity index (χ4n) is 0.712. The Labute approximate surface area is 82.3 Å². The van der Waals surface area contributed by atoms with Gasteiger partial charge in [-0.05, 0) is 0 Å². The van der Waals surface area contributed by atoms with Crippen molar-refractivity contribution in [3.63, 3.8) is 0 Å². The Morgan fingerprint density at radius 3 is 2.00 bits per heavy atom. The van der Waals surface area contributed by atoms with Gasteiger partial charge in [-0.3, -0.25) is 0 Å². The Morgan fingerprint density at radius 1 is 1.07 bits per heavy atom. The normalized spacial score (nSPS) is 8.43. The summed E-state index contributed by atoms with van der Waals surface area (Å²) in [4.78, 5) is 7.65. The number of hydrogen-bond acceptors (Lipinski definition) is 4. The van der Waals surface area contributed by atoms with Crippen LogP contribution in [-0.4, -0.2) is 23.2 Å². The predicted octanol–water partition coefficient (Wildman–Crippen LogP) is 0.501. The maximum absolute atomic E-state index is 5.06. The van der Waals surface area contributed by atoms with Gasteiger partial charge in [0.1, 0.15) is 6.33 Å². The van der Waals surface area contributed by atoms with Crippen molar-refractivity contribution in [2.45, 2.75) is 0 Å². The van der Waals surface area contributed by atoms with Crippen molar-refractivity contribution in [3.8, 4) is 36.4 Å². The third kappa shape index (κ3) is 3.04. The van der Waals surface area contributed by atoms with Crippen LogP contribution in [-0.2, 0) is 0 Å². The number of hydrogen-bond donors (Lipinski definition) is 0. The van der Waals surface area contributed by atoms with Crippen molar-refractivity contribution in [2.75, 3.05) is 13.2 Å². The third-order valence-corrected chi connectivity index (χ3v) is 1.22. The van der Waals surface area contributed by atoms with Crippen LogP contribution in [0.5, 0.6) is 11.8 Å². The molecule has 0 radical (unpaired) electrons. The first kappa shape index (κ1) is 9.88. The molecule has 0 aliphatic carbocycles. The zero-order chi connectivity index (χ0) is 10.2. The van der Waals surface area contributed by atoms with E-state index in [0.29, 0.717) is 11.8 Å². The second-order valence-corrected chi connectivity index (χ2v) is 2.18. The minimum atomic E-state index is 0.158. The van der Waals surface area contributed by atoms with Crippen molar-refractivity contribution < 1.29 is 9.47 Å². The van der Waals surface area contributed by atoms with Gasteiger partial charge in [0, 0.05) is 0 Å². The summed E-state index contributed by atoms with van der Waals surface area (Å²) < 4.78 is 10.1. The Bertz CT molecular complexity index is 343. The molecule has 1 aromatic rings. The average Bonchev–Trinajstić information content (AvgIpc) is 2.24. The molecule has 0 atom stereocenters. The molecule has 4 heteroatoms. The van der Waals surface area contributed by atoms with Crippen LogP contribution < -0.4 is 9.47 Å². The zero-order valence-corrected chi connectivity index (χ0v) is 7.43. The maximum atomic E-state index is 5.06. The van der Waals surface area contributed by atoms with E-state index in [-0.39, 0.29) is 13.2 Å². The van der Waals surface area contributed by atoms with Crippen molar-refractivity contribution in [2.24, 2.45) is 0 Å². The monoisotopic (exact) mass is 188 g/mol. The first-order chi connectivity index (χ1) is 6.86. The highest BCUT2D eigenvalue weighted by Gasteiger charge is 1.98. The van der Waals surface area contributed by atoms with E-state index in [4.69, 9.17) is 22.3 Å². The van der Waals surface area contributed by atoms with Crippen LogP contribution in [0.15, 0.2) is 12.4 Å². The van der Waals surface area contributed by atoms with E-state index in [1.54, 1.807) is 0 Å². The Balaban J connectivity index is 2.61. The van der Waals surface area contributed by atoms with E-state index in [9.17, 15) is 0 Å². The molecule has 0 N–H and O–H groups in total. The van der Waals surface area contributed by atoms with Gasteiger partial charge in [0.05, 0.1) is 6.07 Å². The maximum Gasteiger partial charge on any atom is 0.221 e. The van der Waals surface area contributed by atoms with Crippen molar-refractivity contribution in [1.82, 2.24) is 9.97 Å². The van der Waals surface area contributed by atoms with E-state index in [0.717, 1.165) is 0 Å². The molecule has 0 saturated carbocycles. The molecule has 70 valence electrons. The molecule has 0 fully saturated rings. The van der Waals surface area contributed by atoms with E-state index in [1.807, 2.05) is 0 Å². The lowest BCUT2D eigenvalue weighted by atomic mass is 10.6. The van der Waals surface area contributed by atoms with Crippen LogP contribution in [0.3, 0.4) is 0 Å². The quantitative estimate of drug-likeness (QED) is 0.645. The van der Waals surface area contributed by atoms with Gasteiger partial charge in [0.2, 0.25) is 11.8 Å². The van der Waals surface area contributed by atoms with E-state index < -0.39 is 0 Å². The smallest absolute Gasteiger partial charge is 0.221 e. The van der Waals surface area contributed by atoms with Crippen molar-refractivity contribution >= 4 is 0 Å². The molecule has 0 aromatic carbocycles. The average molecular weight is 188 g/mol. The lowest BCUT2D eigenvalue weighted by Crippen LogP contribution is -2.00. The molecule has 1 aromatic heterocycles. The summed E-state index contributed by atoms with van der Waals surface area (Å²) in [5, 5.41) is 0. The first-order valence-electron chi connectivity index (χ1n) is 3.81. The molecule has 0 saturated heterocycles. The molecule has 0 amide bonds. The van der Waals surface area contributed by atoms with Gasteiger partial charge < -0.3 is 9.47 Å². The number of aromatic nitrogens is 2. The summed E-state index contributed by atoms with van der Waals surface area (Å²) >= 11 is 0. The van der Waals surface area contributed by atoms with Gasteiger partial charge in [0.15, 0.2) is 13.2 Å². The lowest BCUT2D eigenvalue weighted by Gasteiger charge is -2.03. The van der Waals surface area contributed by atoms with Gasteiger partial charge in [-0.15, -0.1) is 12.8 Å². The largest absolute Gasteiger partial charge is 0.464 e. The van der Waals surface area contributed by atoms with Crippen LogP contribution in [0.1, 0.15) is 0 Å². The fourth-order valence-corrected chi connectivity index (χ4v) is 0.712. The molecule has 14 heavy (non-hydrogen) atoms. The van der Waals surface area contributed by atoms with Gasteiger partial charge in [-0.2, -0.15) is 0 Å². The number of ether oxygens (including phenoxy) is 2. The lowest BCUT2D eigenvalue weighted by molar-refractivity contribution is 0.332. The van der Waals surface area contributed by atoms with Gasteiger partial charge in [-0.1, -0.05) is 11.8 Å². The summed E-state index contributed by atoms with van der Waals surface area (Å²) in [6.07, 6.45) is 11.4. The van der Waals surface area contributed by atoms with Crippen LogP contribution in [0.2, 0.25) is 0 Å². The predicted molar refractivity (Wildman–Crippen MR) is 50.7 cm³/mol. The van der Waals surface area contributed by atoms with Gasteiger partial charge in [0.25, 0.3) is 0 Å². The Hall–Kier alpha value is -2.20. The van der Waals surface area contributed by atoms with Crippen LogP contribution in [0.4, 0.5) is 0 Å². The molecule has 4 nitrogen and oxygen atoms in total. The summed E-state index contributed by atoms with van der Waals surface area (Å²) in [5.74, 6) is 5.38. The third-order valence-electron chi connectivity index (χ3n) is 1.22. The molecule has 0 aliphatic heterocycles. The molecule has 0 unspecified atom stereocenters. The Morgan fingerprint density at radius 2 is 1.57 bits per heavy atom. The van der Waals surface area contributed by atoms with Crippen LogP contribution in [0.25, 0.3) is 0 Å². The topological polar surface area (TPSA) is 44.2 Å². The number of rotatable bonds is 4. The highest BCUT2D eigenvalue weighted by molar-refractivity contribution is 5.19. The highest BCUT2D eigenvalue weighted by atomic mass is 16.5. The Kier molecular flexibility index (Phi) is 3.85. The molecule has 1 heterocycles. The van der Waals surface area contributed by atoms with Gasteiger partial charge in [-0.25, -0.2) is 9.97 Å². The summed E-state index contributed by atoms with van der Waals surface area (Å²) in [7, 11) is 0. The minimum Gasteiger partial charge on any atom is -0.464 e. The SMILES string of the molecule is C#CCOc1cc(OCC#C)ncn1. The molecular weight excluding hydrogens is 180 g/mol. The van der Waals surface area contributed by atoms with Gasteiger partial charge >= 0.3 is 0 Å². The standard InChI is InChI=1S/C10H8N2O2/c1-3-5-13-9-7-10(12-8-11-9)14-6-4-2/h1-2,7-8H,5-6H2. The number of nitrogens with zero attached hydrogens (tertiary/aromatic N) is 2. The van der Waals surface area contributed by atoms with Crippen LogP contribution >= 0.6 is 0 Å². The fraction of sp³-hybridized carbons (Fsp3) is 0.200. The van der Waals surface area contributed by atoms with E-state index >= 15 is 0 Å². The minimum absolute atomic E-state index is 0.158. The van der Waals surface area contributed by atoms with E-state index in [2.05, 4.69) is 21.8 Å². The molecule has 0 aliphatic rings. The van der Waals surface area contributed by atoms with Crippen LogP contribution in [0, 0.1) is 24.7 Å². The van der Waals surface area contributed by atoms with E-state index in [1.165, 1.54) is 12.4 Å². The summed E-state index contributed by atoms with van der Waals surface area (Å²) in [6, 6.07) is 1.52. The van der Waals surface area contributed by atoms with Crippen molar-refractivity contribution in [1.29, 1.82) is 0 Å². The molecular formula is C10H8N2O2. The molecule has 1 rings (SSSR count). The number of terminal acetylenes is 2.